The molecule has 1 fully saturated rings. The molecule has 0 spiro atoms. The number of aromatic amines is 1. The highest BCUT2D eigenvalue weighted by Gasteiger charge is 2.26. The van der Waals surface area contributed by atoms with Crippen molar-refractivity contribution in [2.75, 3.05) is 25.0 Å². The van der Waals surface area contributed by atoms with Crippen LogP contribution < -0.4 is 10.6 Å². The van der Waals surface area contributed by atoms with Crippen molar-refractivity contribution in [3.05, 3.63) is 51.8 Å². The number of rotatable bonds is 6. The molecule has 176 valence electrons. The van der Waals surface area contributed by atoms with Gasteiger partial charge in [-0.2, -0.15) is 5.26 Å². The molecule has 0 aliphatic carbocycles. The second-order valence-electron chi connectivity index (χ2n) is 8.85. The highest BCUT2D eigenvalue weighted by molar-refractivity contribution is 6.35. The molecule has 0 bridgehead atoms. The summed E-state index contributed by atoms with van der Waals surface area (Å²) in [5, 5.41) is 15.0. The van der Waals surface area contributed by atoms with Gasteiger partial charge in [0.15, 0.2) is 0 Å². The Balaban J connectivity index is 1.45. The standard InChI is InChI=1S/C26H29N5O3/c1-16-22(14-20-19-13-18(15-27)8-9-21(19)30-25(20)33)29-17(2)24(16)26(34)28-10-6-12-31-11-5-3-4-7-23(31)32/h8-9,13-14,29H,3-7,10-12H2,1-2H3,(H,28,34)(H,30,33)/b20-14-. The van der Waals surface area contributed by atoms with Crippen molar-refractivity contribution in [2.24, 2.45) is 0 Å². The van der Waals surface area contributed by atoms with E-state index >= 15 is 0 Å². The molecule has 0 atom stereocenters. The van der Waals surface area contributed by atoms with E-state index in [1.54, 1.807) is 24.3 Å². The second-order valence-corrected chi connectivity index (χ2v) is 8.85. The summed E-state index contributed by atoms with van der Waals surface area (Å²) in [5.74, 6) is -0.217. The van der Waals surface area contributed by atoms with Crippen molar-refractivity contribution in [3.8, 4) is 6.07 Å². The minimum atomic E-state index is -0.245. The summed E-state index contributed by atoms with van der Waals surface area (Å²) in [5.41, 5.74) is 4.96. The minimum Gasteiger partial charge on any atom is -0.358 e. The summed E-state index contributed by atoms with van der Waals surface area (Å²) in [6, 6.07) is 7.17. The van der Waals surface area contributed by atoms with Gasteiger partial charge in [-0.15, -0.1) is 0 Å². The molecule has 8 nitrogen and oxygen atoms in total. The number of carbonyl (C=O) groups excluding carboxylic acids is 3. The van der Waals surface area contributed by atoms with E-state index in [0.717, 1.165) is 31.4 Å². The van der Waals surface area contributed by atoms with Crippen molar-refractivity contribution >= 4 is 35.1 Å². The third-order valence-corrected chi connectivity index (χ3v) is 6.49. The van der Waals surface area contributed by atoms with Gasteiger partial charge in [-0.3, -0.25) is 14.4 Å². The van der Waals surface area contributed by atoms with Crippen molar-refractivity contribution < 1.29 is 14.4 Å². The Morgan fingerprint density at radius 1 is 1.24 bits per heavy atom. The third kappa shape index (κ3) is 4.74. The summed E-state index contributed by atoms with van der Waals surface area (Å²) < 4.78 is 0. The summed E-state index contributed by atoms with van der Waals surface area (Å²) in [6.07, 6.45) is 6.15. The average molecular weight is 460 g/mol. The molecule has 4 rings (SSSR count). The zero-order valence-electron chi connectivity index (χ0n) is 19.6. The van der Waals surface area contributed by atoms with Crippen LogP contribution in [0.1, 0.15) is 70.5 Å². The molecule has 8 heteroatoms. The lowest BCUT2D eigenvalue weighted by Gasteiger charge is -2.20. The lowest BCUT2D eigenvalue weighted by molar-refractivity contribution is -0.130. The number of aryl methyl sites for hydroxylation is 1. The summed E-state index contributed by atoms with van der Waals surface area (Å²) in [6.45, 7) is 5.61. The van der Waals surface area contributed by atoms with Gasteiger partial charge in [0.2, 0.25) is 5.91 Å². The monoisotopic (exact) mass is 459 g/mol. The van der Waals surface area contributed by atoms with Gasteiger partial charge in [-0.1, -0.05) is 6.42 Å². The maximum atomic E-state index is 12.9. The van der Waals surface area contributed by atoms with Crippen molar-refractivity contribution in [3.63, 3.8) is 0 Å². The van der Waals surface area contributed by atoms with Crippen LogP contribution in [0.15, 0.2) is 18.2 Å². The highest BCUT2D eigenvalue weighted by atomic mass is 16.2. The fourth-order valence-electron chi connectivity index (χ4n) is 4.64. The van der Waals surface area contributed by atoms with Crippen LogP contribution in [0.25, 0.3) is 11.6 Å². The van der Waals surface area contributed by atoms with Gasteiger partial charge in [-0.05, 0) is 62.9 Å². The van der Waals surface area contributed by atoms with Crippen LogP contribution in [0, 0.1) is 25.2 Å². The number of nitrogens with one attached hydrogen (secondary N) is 3. The molecule has 2 aliphatic heterocycles. The SMILES string of the molecule is Cc1[nH]c(/C=C2\C(=O)Nc3ccc(C#N)cc32)c(C)c1C(=O)NCCCN1CCCCCC1=O. The quantitative estimate of drug-likeness (QED) is 0.452. The van der Waals surface area contributed by atoms with Gasteiger partial charge in [0.25, 0.3) is 11.8 Å². The first-order valence-electron chi connectivity index (χ1n) is 11.7. The largest absolute Gasteiger partial charge is 0.358 e. The predicted molar refractivity (Wildman–Crippen MR) is 130 cm³/mol. The Morgan fingerprint density at radius 3 is 2.85 bits per heavy atom. The van der Waals surface area contributed by atoms with Crippen molar-refractivity contribution in [2.45, 2.75) is 46.0 Å². The van der Waals surface area contributed by atoms with Crippen molar-refractivity contribution in [1.29, 1.82) is 5.26 Å². The van der Waals surface area contributed by atoms with Crippen LogP contribution in [-0.4, -0.2) is 47.2 Å². The lowest BCUT2D eigenvalue weighted by Crippen LogP contribution is -2.34. The number of likely N-dealkylation sites (tertiary alicyclic amines) is 1. The number of benzene rings is 1. The van der Waals surface area contributed by atoms with E-state index in [0.29, 0.717) is 65.3 Å². The van der Waals surface area contributed by atoms with E-state index < -0.39 is 0 Å². The number of fused-ring (bicyclic) bond motifs is 1. The van der Waals surface area contributed by atoms with Crippen LogP contribution in [0.2, 0.25) is 0 Å². The normalized spacial score (nSPS) is 16.7. The van der Waals surface area contributed by atoms with Gasteiger partial charge in [0.05, 0.1) is 22.8 Å². The maximum Gasteiger partial charge on any atom is 0.256 e. The maximum absolute atomic E-state index is 12.9. The lowest BCUT2D eigenvalue weighted by atomic mass is 10.0. The Labute approximate surface area is 199 Å². The third-order valence-electron chi connectivity index (χ3n) is 6.49. The van der Waals surface area contributed by atoms with Gasteiger partial charge < -0.3 is 20.5 Å². The van der Waals surface area contributed by atoms with Crippen LogP contribution >= 0.6 is 0 Å². The fourth-order valence-corrected chi connectivity index (χ4v) is 4.64. The number of anilines is 1. The van der Waals surface area contributed by atoms with Crippen LogP contribution in [0.3, 0.4) is 0 Å². The summed E-state index contributed by atoms with van der Waals surface area (Å²) in [7, 11) is 0. The van der Waals surface area contributed by atoms with Gasteiger partial charge in [-0.25, -0.2) is 0 Å². The molecule has 3 amide bonds. The molecule has 1 saturated heterocycles. The van der Waals surface area contributed by atoms with Gasteiger partial charge >= 0.3 is 0 Å². The topological polar surface area (TPSA) is 118 Å². The molecular formula is C26H29N5O3. The first kappa shape index (κ1) is 23.3. The fraction of sp³-hybridized carbons (Fsp3) is 0.385. The number of nitriles is 1. The number of hydrogen-bond acceptors (Lipinski definition) is 4. The number of H-pyrrole nitrogens is 1. The molecule has 2 aromatic rings. The van der Waals surface area contributed by atoms with Crippen LogP contribution in [0.4, 0.5) is 5.69 Å². The highest BCUT2D eigenvalue weighted by Crippen LogP contribution is 2.34. The van der Waals surface area contributed by atoms with E-state index in [-0.39, 0.29) is 17.7 Å². The van der Waals surface area contributed by atoms with Gasteiger partial charge in [0, 0.05) is 48.7 Å². The van der Waals surface area contributed by atoms with Crippen LogP contribution in [0.5, 0.6) is 0 Å². The Bertz CT molecular complexity index is 1220. The molecule has 1 aromatic carbocycles. The summed E-state index contributed by atoms with van der Waals surface area (Å²) in [4.78, 5) is 42.7. The first-order valence-corrected chi connectivity index (χ1v) is 11.7. The first-order chi connectivity index (χ1) is 16.4. The molecular weight excluding hydrogens is 430 g/mol. The number of amides is 3. The Morgan fingerprint density at radius 2 is 2.06 bits per heavy atom. The van der Waals surface area contributed by atoms with Crippen LogP contribution in [-0.2, 0) is 9.59 Å². The smallest absolute Gasteiger partial charge is 0.256 e. The molecule has 34 heavy (non-hydrogen) atoms. The molecule has 0 unspecified atom stereocenters. The molecule has 0 saturated carbocycles. The van der Waals surface area contributed by atoms with E-state index in [2.05, 4.69) is 21.7 Å². The number of aromatic nitrogens is 1. The molecule has 3 N–H and O–H groups in total. The average Bonchev–Trinajstić information content (AvgIpc) is 3.18. The van der Waals surface area contributed by atoms with E-state index in [4.69, 9.17) is 0 Å². The van der Waals surface area contributed by atoms with Gasteiger partial charge in [0.1, 0.15) is 0 Å². The van der Waals surface area contributed by atoms with E-state index in [1.807, 2.05) is 18.7 Å². The molecule has 2 aliphatic rings. The number of hydrogen-bond donors (Lipinski definition) is 3. The number of nitrogens with zero attached hydrogens (tertiary/aromatic N) is 2. The molecule has 3 heterocycles. The summed E-state index contributed by atoms with van der Waals surface area (Å²) >= 11 is 0. The molecule has 0 radical (unpaired) electrons. The Kier molecular flexibility index (Phi) is 6.82. The zero-order chi connectivity index (χ0) is 24.2. The van der Waals surface area contributed by atoms with E-state index in [9.17, 15) is 19.6 Å². The molecule has 1 aromatic heterocycles. The minimum absolute atomic E-state index is 0.180. The number of carbonyl (C=O) groups is 3. The Hall–Kier alpha value is -3.86. The van der Waals surface area contributed by atoms with Crippen molar-refractivity contribution in [1.82, 2.24) is 15.2 Å². The predicted octanol–water partition coefficient (Wildman–Crippen LogP) is 3.52. The van der Waals surface area contributed by atoms with E-state index in [1.165, 1.54) is 0 Å². The second kappa shape index (κ2) is 9.96. The zero-order valence-corrected chi connectivity index (χ0v) is 19.6.